The average molecular weight is 373 g/mol. The molecule has 0 aromatic heterocycles. The van der Waals surface area contributed by atoms with Crippen molar-refractivity contribution in [2.24, 2.45) is 0 Å². The summed E-state index contributed by atoms with van der Waals surface area (Å²) in [6, 6.07) is 12.8. The smallest absolute Gasteiger partial charge is 0.255 e. The Hall–Kier alpha value is -2.14. The van der Waals surface area contributed by atoms with Crippen molar-refractivity contribution in [2.75, 3.05) is 5.32 Å². The van der Waals surface area contributed by atoms with Gasteiger partial charge in [-0.2, -0.15) is 0 Å². The van der Waals surface area contributed by atoms with Gasteiger partial charge in [0, 0.05) is 27.3 Å². The minimum Gasteiger partial charge on any atom is -0.349 e. The van der Waals surface area contributed by atoms with Gasteiger partial charge in [0.15, 0.2) is 0 Å². The van der Waals surface area contributed by atoms with Crippen LogP contribution in [0.15, 0.2) is 46.9 Å². The molecule has 3 rings (SSSR count). The number of hydrogen-bond acceptors (Lipinski definition) is 2. The molecule has 0 saturated heterocycles. The summed E-state index contributed by atoms with van der Waals surface area (Å²) in [5.41, 5.74) is 2.69. The van der Waals surface area contributed by atoms with Crippen LogP contribution >= 0.6 is 15.9 Å². The van der Waals surface area contributed by atoms with E-state index in [1.165, 1.54) is 0 Å². The molecule has 2 N–H and O–H groups in total. The van der Waals surface area contributed by atoms with Crippen molar-refractivity contribution in [1.82, 2.24) is 5.32 Å². The lowest BCUT2D eigenvalue weighted by molar-refractivity contribution is 0.0949. The Bertz CT molecular complexity index is 769. The molecule has 2 amide bonds. The highest BCUT2D eigenvalue weighted by molar-refractivity contribution is 9.10. The second-order valence-electron chi connectivity index (χ2n) is 5.74. The first-order chi connectivity index (χ1) is 11.0. The van der Waals surface area contributed by atoms with Gasteiger partial charge in [-0.1, -0.05) is 28.1 Å². The number of anilines is 1. The van der Waals surface area contributed by atoms with E-state index in [9.17, 15) is 9.59 Å². The van der Waals surface area contributed by atoms with Gasteiger partial charge in [-0.05, 0) is 55.7 Å². The summed E-state index contributed by atoms with van der Waals surface area (Å²) >= 11 is 3.36. The van der Waals surface area contributed by atoms with Gasteiger partial charge >= 0.3 is 0 Å². The molecule has 0 radical (unpaired) electrons. The predicted molar refractivity (Wildman–Crippen MR) is 93.8 cm³/mol. The number of carbonyl (C=O) groups excluding carboxylic acids is 2. The van der Waals surface area contributed by atoms with Crippen LogP contribution < -0.4 is 10.6 Å². The van der Waals surface area contributed by atoms with E-state index in [1.54, 1.807) is 24.3 Å². The average Bonchev–Trinajstić information content (AvgIpc) is 3.33. The largest absolute Gasteiger partial charge is 0.349 e. The first-order valence-corrected chi connectivity index (χ1v) is 8.30. The Morgan fingerprint density at radius 1 is 1.04 bits per heavy atom. The number of rotatable bonds is 4. The summed E-state index contributed by atoms with van der Waals surface area (Å²) in [6.07, 6.45) is 2.09. The molecule has 2 aromatic carbocycles. The van der Waals surface area contributed by atoms with Crippen molar-refractivity contribution in [3.8, 4) is 0 Å². The maximum atomic E-state index is 12.4. The van der Waals surface area contributed by atoms with Gasteiger partial charge in [-0.3, -0.25) is 9.59 Å². The van der Waals surface area contributed by atoms with Crippen LogP contribution in [0.1, 0.15) is 39.1 Å². The molecule has 1 fully saturated rings. The molecular weight excluding hydrogens is 356 g/mol. The van der Waals surface area contributed by atoms with Crippen molar-refractivity contribution in [2.45, 2.75) is 25.8 Å². The maximum absolute atomic E-state index is 12.4. The van der Waals surface area contributed by atoms with Gasteiger partial charge in [-0.25, -0.2) is 0 Å². The minimum absolute atomic E-state index is 0.0922. The summed E-state index contributed by atoms with van der Waals surface area (Å²) in [5.74, 6) is -0.292. The monoisotopic (exact) mass is 372 g/mol. The van der Waals surface area contributed by atoms with E-state index in [0.717, 1.165) is 22.9 Å². The van der Waals surface area contributed by atoms with Crippen LogP contribution in [0.5, 0.6) is 0 Å². The van der Waals surface area contributed by atoms with E-state index >= 15 is 0 Å². The van der Waals surface area contributed by atoms with E-state index in [-0.39, 0.29) is 11.8 Å². The third-order valence-electron chi connectivity index (χ3n) is 3.75. The fourth-order valence-electron chi connectivity index (χ4n) is 2.22. The lowest BCUT2D eigenvalue weighted by atomic mass is 10.1. The molecule has 0 bridgehead atoms. The standard InChI is InChI=1S/C18H17BrN2O2/c1-11-5-6-13(17(22)20-15-7-8-15)10-16(11)21-18(23)12-3-2-4-14(19)9-12/h2-6,9-10,15H,7-8H2,1H3,(H,20,22)(H,21,23). The molecule has 4 nitrogen and oxygen atoms in total. The number of nitrogens with one attached hydrogen (secondary N) is 2. The third kappa shape index (κ3) is 3.99. The Labute approximate surface area is 143 Å². The number of aryl methyl sites for hydroxylation is 1. The number of carbonyl (C=O) groups is 2. The molecule has 0 heterocycles. The predicted octanol–water partition coefficient (Wildman–Crippen LogP) is 3.90. The van der Waals surface area contributed by atoms with E-state index in [1.807, 2.05) is 25.1 Å². The molecule has 1 aliphatic rings. The van der Waals surface area contributed by atoms with Crippen LogP contribution in [0.3, 0.4) is 0 Å². The van der Waals surface area contributed by atoms with Crippen LogP contribution in [0, 0.1) is 6.92 Å². The Kier molecular flexibility index (Phi) is 4.48. The fraction of sp³-hybridized carbons (Fsp3) is 0.222. The molecule has 0 aliphatic heterocycles. The van der Waals surface area contributed by atoms with Gasteiger partial charge in [0.1, 0.15) is 0 Å². The Balaban J connectivity index is 1.78. The SMILES string of the molecule is Cc1ccc(C(=O)NC2CC2)cc1NC(=O)c1cccc(Br)c1. The van der Waals surface area contributed by atoms with Crippen LogP contribution in [-0.2, 0) is 0 Å². The van der Waals surface area contributed by atoms with Crippen molar-refractivity contribution < 1.29 is 9.59 Å². The van der Waals surface area contributed by atoms with Crippen molar-refractivity contribution in [3.63, 3.8) is 0 Å². The highest BCUT2D eigenvalue weighted by Gasteiger charge is 2.24. The van der Waals surface area contributed by atoms with Crippen molar-refractivity contribution in [3.05, 3.63) is 63.6 Å². The topological polar surface area (TPSA) is 58.2 Å². The normalized spacial score (nSPS) is 13.5. The van der Waals surface area contributed by atoms with Crippen LogP contribution in [-0.4, -0.2) is 17.9 Å². The maximum Gasteiger partial charge on any atom is 0.255 e. The van der Waals surface area contributed by atoms with Gasteiger partial charge in [0.2, 0.25) is 0 Å². The van der Waals surface area contributed by atoms with Gasteiger partial charge in [-0.15, -0.1) is 0 Å². The molecule has 23 heavy (non-hydrogen) atoms. The molecule has 0 atom stereocenters. The summed E-state index contributed by atoms with van der Waals surface area (Å²) in [4.78, 5) is 24.5. The zero-order chi connectivity index (χ0) is 16.4. The second kappa shape index (κ2) is 6.54. The summed E-state index contributed by atoms with van der Waals surface area (Å²) in [6.45, 7) is 1.90. The van der Waals surface area contributed by atoms with Gasteiger partial charge in [0.05, 0.1) is 0 Å². The van der Waals surface area contributed by atoms with E-state index < -0.39 is 0 Å². The minimum atomic E-state index is -0.200. The first kappa shape index (κ1) is 15.7. The van der Waals surface area contributed by atoms with E-state index in [0.29, 0.717) is 22.9 Å². The van der Waals surface area contributed by atoms with Crippen LogP contribution in [0.2, 0.25) is 0 Å². The first-order valence-electron chi connectivity index (χ1n) is 7.51. The molecule has 1 saturated carbocycles. The van der Waals surface area contributed by atoms with E-state index in [2.05, 4.69) is 26.6 Å². The highest BCUT2D eigenvalue weighted by atomic mass is 79.9. The molecule has 1 aliphatic carbocycles. The molecular formula is C18H17BrN2O2. The summed E-state index contributed by atoms with van der Waals surface area (Å²) in [5, 5.41) is 5.83. The number of hydrogen-bond donors (Lipinski definition) is 2. The van der Waals surface area contributed by atoms with Crippen molar-refractivity contribution >= 4 is 33.4 Å². The van der Waals surface area contributed by atoms with Crippen LogP contribution in [0.4, 0.5) is 5.69 Å². The van der Waals surface area contributed by atoms with Crippen molar-refractivity contribution in [1.29, 1.82) is 0 Å². The van der Waals surface area contributed by atoms with Gasteiger partial charge in [0.25, 0.3) is 11.8 Å². The third-order valence-corrected chi connectivity index (χ3v) is 4.24. The van der Waals surface area contributed by atoms with Gasteiger partial charge < -0.3 is 10.6 Å². The molecule has 2 aromatic rings. The quantitative estimate of drug-likeness (QED) is 0.854. The summed E-state index contributed by atoms with van der Waals surface area (Å²) < 4.78 is 0.847. The Morgan fingerprint density at radius 3 is 2.48 bits per heavy atom. The van der Waals surface area contributed by atoms with Crippen LogP contribution in [0.25, 0.3) is 0 Å². The zero-order valence-electron chi connectivity index (χ0n) is 12.7. The molecule has 0 spiro atoms. The molecule has 0 unspecified atom stereocenters. The number of halogens is 1. The zero-order valence-corrected chi connectivity index (χ0v) is 14.3. The lowest BCUT2D eigenvalue weighted by Crippen LogP contribution is -2.25. The molecule has 5 heteroatoms. The van der Waals surface area contributed by atoms with E-state index in [4.69, 9.17) is 0 Å². The second-order valence-corrected chi connectivity index (χ2v) is 6.66. The Morgan fingerprint density at radius 2 is 1.78 bits per heavy atom. The highest BCUT2D eigenvalue weighted by Crippen LogP contribution is 2.22. The fourth-order valence-corrected chi connectivity index (χ4v) is 2.62. The molecule has 118 valence electrons. The summed E-state index contributed by atoms with van der Waals surface area (Å²) in [7, 11) is 0. The number of benzene rings is 2. The lowest BCUT2D eigenvalue weighted by Gasteiger charge is -2.11. The number of amides is 2.